The Morgan fingerprint density at radius 3 is 2.57 bits per heavy atom. The molecule has 2 amide bonds. The zero-order valence-electron chi connectivity index (χ0n) is 19.2. The monoisotopic (exact) mass is 472 g/mol. The van der Waals surface area contributed by atoms with Gasteiger partial charge in [0.2, 0.25) is 5.91 Å². The van der Waals surface area contributed by atoms with Crippen molar-refractivity contribution in [2.45, 2.75) is 19.8 Å². The summed E-state index contributed by atoms with van der Waals surface area (Å²) in [5, 5.41) is 6.70. The predicted octanol–water partition coefficient (Wildman–Crippen LogP) is 4.51. The smallest absolute Gasteiger partial charge is 0.255 e. The van der Waals surface area contributed by atoms with Crippen molar-refractivity contribution in [3.63, 3.8) is 0 Å². The van der Waals surface area contributed by atoms with Crippen molar-refractivity contribution in [1.82, 2.24) is 15.0 Å². The molecule has 35 heavy (non-hydrogen) atoms. The molecule has 0 spiro atoms. The Morgan fingerprint density at radius 2 is 1.80 bits per heavy atom. The molecule has 0 saturated carbocycles. The lowest BCUT2D eigenvalue weighted by molar-refractivity contribution is -0.120. The molecule has 1 saturated heterocycles. The van der Waals surface area contributed by atoms with Crippen LogP contribution in [-0.2, 0) is 4.79 Å². The molecule has 0 aliphatic carbocycles. The lowest BCUT2D eigenvalue weighted by Crippen LogP contribution is -2.38. The first-order valence-electron chi connectivity index (χ1n) is 11.5. The van der Waals surface area contributed by atoms with E-state index in [1.807, 2.05) is 13.1 Å². The number of anilines is 3. The summed E-state index contributed by atoms with van der Waals surface area (Å²) >= 11 is 0. The standard InChI is InChI=1S/C26H25FN6O2/c1-16-14-28-23-22(16)24(30-15-29-23)33-11-9-17(10-12-33)25(34)32-21-4-2-3-18(13-21)26(35)31-20-7-5-19(27)6-8-20/h2-8,13-15,17H,9-12H2,1H3,(H,31,35)(H,32,34)(H,28,29,30). The van der Waals surface area contributed by atoms with Crippen LogP contribution in [0.1, 0.15) is 28.8 Å². The molecule has 2 aromatic carbocycles. The van der Waals surface area contributed by atoms with E-state index in [9.17, 15) is 14.0 Å². The second kappa shape index (κ2) is 9.54. The fourth-order valence-electron chi connectivity index (χ4n) is 4.41. The van der Waals surface area contributed by atoms with Crippen molar-refractivity contribution >= 4 is 40.0 Å². The van der Waals surface area contributed by atoms with Gasteiger partial charge in [0.15, 0.2) is 0 Å². The van der Waals surface area contributed by atoms with Gasteiger partial charge in [0, 0.05) is 42.1 Å². The van der Waals surface area contributed by atoms with E-state index in [4.69, 9.17) is 0 Å². The highest BCUT2D eigenvalue weighted by molar-refractivity contribution is 6.05. The van der Waals surface area contributed by atoms with Crippen molar-refractivity contribution in [3.8, 4) is 0 Å². The van der Waals surface area contributed by atoms with E-state index in [0.717, 1.165) is 35.5 Å². The van der Waals surface area contributed by atoms with Gasteiger partial charge in [0.05, 0.1) is 5.39 Å². The van der Waals surface area contributed by atoms with Crippen LogP contribution in [0.3, 0.4) is 0 Å². The van der Waals surface area contributed by atoms with E-state index in [-0.39, 0.29) is 23.5 Å². The normalized spacial score (nSPS) is 14.2. The van der Waals surface area contributed by atoms with E-state index < -0.39 is 0 Å². The van der Waals surface area contributed by atoms with Gasteiger partial charge >= 0.3 is 0 Å². The summed E-state index contributed by atoms with van der Waals surface area (Å²) in [6.45, 7) is 3.46. The Hall–Kier alpha value is -4.27. The minimum absolute atomic E-state index is 0.0635. The first kappa shape index (κ1) is 22.5. The second-order valence-corrected chi connectivity index (χ2v) is 8.68. The van der Waals surface area contributed by atoms with E-state index in [1.165, 1.54) is 24.3 Å². The molecule has 1 aliphatic rings. The fraction of sp³-hybridized carbons (Fsp3) is 0.231. The first-order chi connectivity index (χ1) is 17.0. The molecule has 0 bridgehead atoms. The maximum absolute atomic E-state index is 13.1. The number of piperidine rings is 1. The largest absolute Gasteiger partial charge is 0.356 e. The number of nitrogens with zero attached hydrogens (tertiary/aromatic N) is 3. The van der Waals surface area contributed by atoms with Crippen LogP contribution in [0.2, 0.25) is 0 Å². The van der Waals surface area contributed by atoms with E-state index in [2.05, 4.69) is 30.5 Å². The van der Waals surface area contributed by atoms with E-state index in [1.54, 1.807) is 30.6 Å². The van der Waals surface area contributed by atoms with Crippen molar-refractivity contribution in [2.24, 2.45) is 5.92 Å². The van der Waals surface area contributed by atoms with Gasteiger partial charge in [-0.25, -0.2) is 14.4 Å². The number of H-pyrrole nitrogens is 1. The minimum atomic E-state index is -0.372. The van der Waals surface area contributed by atoms with Gasteiger partial charge in [-0.3, -0.25) is 9.59 Å². The van der Waals surface area contributed by atoms with Gasteiger partial charge < -0.3 is 20.5 Å². The van der Waals surface area contributed by atoms with Gasteiger partial charge in [-0.15, -0.1) is 0 Å². The molecule has 1 fully saturated rings. The minimum Gasteiger partial charge on any atom is -0.356 e. The summed E-state index contributed by atoms with van der Waals surface area (Å²) in [6, 6.07) is 12.3. The molecule has 2 aromatic heterocycles. The van der Waals surface area contributed by atoms with E-state index in [0.29, 0.717) is 29.8 Å². The van der Waals surface area contributed by atoms with Crippen molar-refractivity contribution < 1.29 is 14.0 Å². The number of rotatable bonds is 5. The van der Waals surface area contributed by atoms with Crippen molar-refractivity contribution in [2.75, 3.05) is 28.6 Å². The van der Waals surface area contributed by atoms with Crippen LogP contribution in [0.25, 0.3) is 11.0 Å². The average Bonchev–Trinajstić information content (AvgIpc) is 3.26. The zero-order chi connectivity index (χ0) is 24.4. The van der Waals surface area contributed by atoms with Gasteiger partial charge in [0.1, 0.15) is 23.6 Å². The number of halogens is 1. The SMILES string of the molecule is Cc1c[nH]c2ncnc(N3CCC(C(=O)Nc4cccc(C(=O)Nc5ccc(F)cc5)c4)CC3)c12. The molecular weight excluding hydrogens is 447 g/mol. The summed E-state index contributed by atoms with van der Waals surface area (Å²) < 4.78 is 13.1. The molecule has 178 valence electrons. The van der Waals surface area contributed by atoms with Crippen LogP contribution in [-0.4, -0.2) is 39.9 Å². The first-order valence-corrected chi connectivity index (χ1v) is 11.5. The zero-order valence-corrected chi connectivity index (χ0v) is 19.2. The molecule has 0 atom stereocenters. The molecule has 9 heteroatoms. The number of nitrogens with one attached hydrogen (secondary N) is 3. The van der Waals surface area contributed by atoms with Gasteiger partial charge in [0.25, 0.3) is 5.91 Å². The van der Waals surface area contributed by atoms with Crippen molar-refractivity contribution in [3.05, 3.63) is 78.0 Å². The number of aromatic nitrogens is 3. The van der Waals surface area contributed by atoms with Gasteiger partial charge in [-0.1, -0.05) is 6.07 Å². The Kier molecular flexibility index (Phi) is 6.13. The number of aryl methyl sites for hydroxylation is 1. The highest BCUT2D eigenvalue weighted by Gasteiger charge is 2.27. The molecule has 0 radical (unpaired) electrons. The third kappa shape index (κ3) is 4.84. The van der Waals surface area contributed by atoms with Gasteiger partial charge in [-0.2, -0.15) is 0 Å². The molecule has 3 heterocycles. The fourth-order valence-corrected chi connectivity index (χ4v) is 4.41. The summed E-state index contributed by atoms with van der Waals surface area (Å²) in [5.74, 6) is -0.00726. The number of amides is 2. The molecule has 5 rings (SSSR count). The Bertz CT molecular complexity index is 1380. The Morgan fingerprint density at radius 1 is 1.03 bits per heavy atom. The summed E-state index contributed by atoms with van der Waals surface area (Å²) in [7, 11) is 0. The molecule has 4 aromatic rings. The lowest BCUT2D eigenvalue weighted by Gasteiger charge is -2.32. The average molecular weight is 473 g/mol. The third-order valence-electron chi connectivity index (χ3n) is 6.31. The number of aromatic amines is 1. The topological polar surface area (TPSA) is 103 Å². The molecule has 0 unspecified atom stereocenters. The van der Waals surface area contributed by atoms with Crippen LogP contribution >= 0.6 is 0 Å². The third-order valence-corrected chi connectivity index (χ3v) is 6.31. The number of carbonyl (C=O) groups excluding carboxylic acids is 2. The molecule has 3 N–H and O–H groups in total. The van der Waals surface area contributed by atoms with Crippen LogP contribution in [0, 0.1) is 18.7 Å². The molecule has 1 aliphatic heterocycles. The number of hydrogen-bond acceptors (Lipinski definition) is 5. The quantitative estimate of drug-likeness (QED) is 0.397. The molecular formula is C26H25FN6O2. The second-order valence-electron chi connectivity index (χ2n) is 8.68. The van der Waals surface area contributed by atoms with Crippen LogP contribution < -0.4 is 15.5 Å². The highest BCUT2D eigenvalue weighted by atomic mass is 19.1. The predicted molar refractivity (Wildman–Crippen MR) is 133 cm³/mol. The summed E-state index contributed by atoms with van der Waals surface area (Å²) in [6.07, 6.45) is 4.89. The maximum Gasteiger partial charge on any atom is 0.255 e. The summed E-state index contributed by atoms with van der Waals surface area (Å²) in [5.41, 5.74) is 3.36. The maximum atomic E-state index is 13.1. The number of carbonyl (C=O) groups is 2. The van der Waals surface area contributed by atoms with Gasteiger partial charge in [-0.05, 0) is 67.8 Å². The number of benzene rings is 2. The van der Waals surface area contributed by atoms with Crippen molar-refractivity contribution in [1.29, 1.82) is 0 Å². The van der Waals surface area contributed by atoms with Crippen LogP contribution in [0.4, 0.5) is 21.6 Å². The van der Waals surface area contributed by atoms with E-state index >= 15 is 0 Å². The molecule has 8 nitrogen and oxygen atoms in total. The van der Waals surface area contributed by atoms with Crippen LogP contribution in [0.5, 0.6) is 0 Å². The number of fused-ring (bicyclic) bond motifs is 1. The van der Waals surface area contributed by atoms with Crippen LogP contribution in [0.15, 0.2) is 61.1 Å². The summed E-state index contributed by atoms with van der Waals surface area (Å²) in [4.78, 5) is 39.7. The highest BCUT2D eigenvalue weighted by Crippen LogP contribution is 2.29. The lowest BCUT2D eigenvalue weighted by atomic mass is 9.95. The Labute approximate surface area is 201 Å². The number of hydrogen-bond donors (Lipinski definition) is 3. The Balaban J connectivity index is 1.20.